The maximum Gasteiger partial charge on any atom is 0.187 e. The van der Waals surface area contributed by atoms with E-state index in [1.807, 2.05) is 0 Å². The maximum atomic E-state index is 11.3. The van der Waals surface area contributed by atoms with Crippen LogP contribution in [0.4, 0.5) is 0 Å². The summed E-state index contributed by atoms with van der Waals surface area (Å²) in [7, 11) is 3.65. The van der Waals surface area contributed by atoms with Crippen molar-refractivity contribution < 1.29 is 184 Å². The second-order valence-corrected chi connectivity index (χ2v) is 20.1. The normalized spacial score (nSPS) is 50.2. The lowest BCUT2D eigenvalue weighted by Gasteiger charge is -2.48. The molecule has 0 aliphatic carbocycles. The fraction of sp³-hybridized carbons (Fsp3) is 1.00. The van der Waals surface area contributed by atoms with E-state index in [1.54, 1.807) is 0 Å². The van der Waals surface area contributed by atoms with Gasteiger partial charge in [0.05, 0.1) is 58.5 Å². The molecule has 82 heavy (non-hydrogen) atoms. The summed E-state index contributed by atoms with van der Waals surface area (Å²) in [6, 6.07) is 0. The summed E-state index contributed by atoms with van der Waals surface area (Å²) < 4.78 is 81.4. The molecular weight excluding hydrogens is 1130 g/mol. The third-order valence-electron chi connectivity index (χ3n) is 14.8. The van der Waals surface area contributed by atoms with Crippen LogP contribution in [-0.2, 0) is 71.1 Å². The van der Waals surface area contributed by atoms with E-state index in [0.717, 1.165) is 0 Å². The van der Waals surface area contributed by atoms with Gasteiger partial charge in [0.15, 0.2) is 44.0 Å². The highest BCUT2D eigenvalue weighted by Gasteiger charge is 2.56. The van der Waals surface area contributed by atoms with E-state index < -0.39 is 255 Å². The van der Waals surface area contributed by atoms with Gasteiger partial charge in [0.25, 0.3) is 0 Å². The molecule has 7 aliphatic heterocycles. The van der Waals surface area contributed by atoms with E-state index in [4.69, 9.17) is 71.1 Å². The first-order chi connectivity index (χ1) is 38.5. The van der Waals surface area contributed by atoms with Gasteiger partial charge in [0, 0.05) is 27.8 Å². The molecule has 37 nitrogen and oxygen atoms in total. The van der Waals surface area contributed by atoms with Crippen LogP contribution in [0.15, 0.2) is 0 Å². The van der Waals surface area contributed by atoms with E-state index in [2.05, 4.69) is 0 Å². The van der Waals surface area contributed by atoms with Crippen LogP contribution in [0.2, 0.25) is 0 Å². The van der Waals surface area contributed by atoms with Crippen molar-refractivity contribution in [1.82, 2.24) is 0 Å². The van der Waals surface area contributed by atoms with Crippen LogP contribution < -0.4 is 0 Å². The number of ether oxygens (including phenoxy) is 15. The molecule has 14 unspecified atom stereocenters. The first-order valence-corrected chi connectivity index (χ1v) is 25.8. The Morgan fingerprint density at radius 2 is 0.610 bits per heavy atom. The van der Waals surface area contributed by atoms with E-state index in [1.165, 1.54) is 21.3 Å². The molecule has 0 saturated carbocycles. The number of aliphatic hydroxyl groups is 21. The Labute approximate surface area is 466 Å². The van der Waals surface area contributed by atoms with Crippen LogP contribution in [0.25, 0.3) is 0 Å². The molecule has 0 bridgehead atoms. The zero-order valence-electron chi connectivity index (χ0n) is 44.3. The van der Waals surface area contributed by atoms with Gasteiger partial charge in [-0.05, 0) is 0 Å². The monoisotopic (exact) mass is 1210 g/mol. The Morgan fingerprint density at radius 1 is 0.305 bits per heavy atom. The van der Waals surface area contributed by atoms with Gasteiger partial charge in [-0.15, -0.1) is 0 Å². The summed E-state index contributed by atoms with van der Waals surface area (Å²) in [6.45, 7) is -4.69. The second-order valence-electron chi connectivity index (χ2n) is 20.1. The van der Waals surface area contributed by atoms with Gasteiger partial charge in [0.1, 0.15) is 153 Å². The van der Waals surface area contributed by atoms with Crippen LogP contribution in [0, 0.1) is 0 Å². The van der Waals surface area contributed by atoms with Gasteiger partial charge in [-0.3, -0.25) is 0 Å². The zero-order chi connectivity index (χ0) is 59.9. The van der Waals surface area contributed by atoms with Gasteiger partial charge in [-0.1, -0.05) is 0 Å². The molecule has 484 valence electrons. The third kappa shape index (κ3) is 15.7. The second kappa shape index (κ2) is 32.1. The molecule has 0 amide bonds. The van der Waals surface area contributed by atoms with Crippen molar-refractivity contribution in [2.45, 2.75) is 215 Å². The predicted molar refractivity (Wildman–Crippen MR) is 252 cm³/mol. The molecule has 7 aliphatic rings. The number of hydrogen-bond donors (Lipinski definition) is 21. The van der Waals surface area contributed by atoms with Crippen molar-refractivity contribution >= 4 is 0 Å². The first-order valence-electron chi connectivity index (χ1n) is 25.8. The average molecular weight is 1220 g/mol. The minimum atomic E-state index is -1.99. The van der Waals surface area contributed by atoms with E-state index in [-0.39, 0.29) is 11.9 Å². The number of methoxy groups -OCH3 is 3. The molecule has 0 spiro atoms. The van der Waals surface area contributed by atoms with Crippen LogP contribution in [0.5, 0.6) is 0 Å². The van der Waals surface area contributed by atoms with Crippen molar-refractivity contribution in [1.29, 1.82) is 0 Å². The molecule has 7 heterocycles. The highest BCUT2D eigenvalue weighted by molar-refractivity contribution is 4.99. The van der Waals surface area contributed by atoms with Crippen LogP contribution in [0.1, 0.15) is 6.42 Å². The third-order valence-corrected chi connectivity index (χ3v) is 14.8. The van der Waals surface area contributed by atoms with Gasteiger partial charge in [-0.2, -0.15) is 0 Å². The first kappa shape index (κ1) is 71.3. The van der Waals surface area contributed by atoms with Crippen molar-refractivity contribution in [2.75, 3.05) is 67.6 Å². The van der Waals surface area contributed by atoms with Crippen LogP contribution in [-0.4, -0.2) is 389 Å². The Kier molecular flexibility index (Phi) is 27.9. The minimum absolute atomic E-state index is 0. The van der Waals surface area contributed by atoms with E-state index in [9.17, 15) is 107 Å². The summed E-state index contributed by atoms with van der Waals surface area (Å²) in [5, 5.41) is 214. The Bertz CT molecular complexity index is 1810. The van der Waals surface area contributed by atoms with Crippen molar-refractivity contribution in [3.8, 4) is 0 Å². The summed E-state index contributed by atoms with van der Waals surface area (Å²) in [5.41, 5.74) is 0. The van der Waals surface area contributed by atoms with Crippen molar-refractivity contribution in [2.24, 2.45) is 0 Å². The summed E-state index contributed by atoms with van der Waals surface area (Å²) in [4.78, 5) is 0. The number of rotatable bonds is 20. The fourth-order valence-corrected chi connectivity index (χ4v) is 10.2. The lowest BCUT2D eigenvalue weighted by molar-refractivity contribution is -0.384. The summed E-state index contributed by atoms with van der Waals surface area (Å²) in [6.07, 6.45) is -53.0. The zero-order valence-corrected chi connectivity index (χ0v) is 44.3. The molecule has 0 aromatic rings. The molecule has 7 saturated heterocycles. The van der Waals surface area contributed by atoms with Gasteiger partial charge in [-0.25, -0.2) is 0 Å². The molecule has 0 aromatic heterocycles. The molecule has 0 aromatic carbocycles. The maximum absolute atomic E-state index is 11.3. The molecule has 34 atom stereocenters. The highest BCUT2D eigenvalue weighted by Crippen LogP contribution is 2.36. The number of hydrogen-bond acceptors (Lipinski definition) is 36. The van der Waals surface area contributed by atoms with Gasteiger partial charge in [0.2, 0.25) is 0 Å². The SMILES string of the molecule is CO[C@H]1OC(CO)[C@@H](O[C@H]2OC(CO[C@H]3OC(CO)[C@@H](OC)[C@H](O)C3O)[C@@H](O[C@H]3OC(CO)[C@@H](OC)[C@H](O)C3O)[C@H](O)C2O)[C@H](O)C1O.O.OCC1C[C@@H](O)C(O)[C@H](O[C@H]2C(CO)O[C@@H](O[C@H]3C(CO)O[C@H](O)C(O)[C@@H]3O)C(O)[C@@H]2O)O1. The lowest BCUT2D eigenvalue weighted by Crippen LogP contribution is -2.67. The van der Waals surface area contributed by atoms with E-state index in [0.29, 0.717) is 0 Å². The molecule has 23 N–H and O–H groups in total. The van der Waals surface area contributed by atoms with Crippen LogP contribution >= 0.6 is 0 Å². The van der Waals surface area contributed by atoms with Crippen molar-refractivity contribution in [3.63, 3.8) is 0 Å². The molecule has 37 heteroatoms. The average Bonchev–Trinajstić information content (AvgIpc) is 3.51. The van der Waals surface area contributed by atoms with Gasteiger partial charge >= 0.3 is 0 Å². The standard InChI is InChI=1S/C27H48O21.C18H32O15.H2O/c1-39-20-8(4-28)44-25(17(36)12(20)31)42-7-11-23(48-26-18(37)13(32)21(40-2)9(5-29)45-26)15(34)19(38)27(46-11)47-22-10(6-30)43-24(41-3)16(35)14(22)33;19-2-5-1-6(22)9(23)17(29-5)32-15-8(4-21)31-18(13(27)11(15)25)33-14-7(3-20)30-16(28)12(26)10(14)24;/h8-38H,4-7H2,1-3H3;5-28H,1-4H2;1H2/t8?,9?,10?,11?,12-,13-,14-,15-,16?,17?,18?,19?,20-,21-,22-,23-,24+,25+,26-,27-;5?,6-,7?,8?,9?,10+,11+,12?,13?,14+,15+,16+,17+,18+;/m11./s1. The predicted octanol–water partition coefficient (Wildman–Crippen LogP) is -15.2. The minimum Gasteiger partial charge on any atom is -0.412 e. The summed E-state index contributed by atoms with van der Waals surface area (Å²) in [5.74, 6) is 0. The largest absolute Gasteiger partial charge is 0.412 e. The highest BCUT2D eigenvalue weighted by atomic mass is 16.8. The smallest absolute Gasteiger partial charge is 0.187 e. The number of aliphatic hydroxyl groups excluding tert-OH is 21. The van der Waals surface area contributed by atoms with Crippen LogP contribution in [0.3, 0.4) is 0 Å². The topological polar surface area (TPSA) is 595 Å². The molecule has 7 fully saturated rings. The van der Waals surface area contributed by atoms with Gasteiger partial charge < -0.3 is 184 Å². The lowest BCUT2D eigenvalue weighted by atomic mass is 9.96. The fourth-order valence-electron chi connectivity index (χ4n) is 10.2. The Morgan fingerprint density at radius 3 is 1.00 bits per heavy atom. The molecule has 0 radical (unpaired) electrons. The Hall–Kier alpha value is -1.48. The Balaban J connectivity index is 0.000000317. The van der Waals surface area contributed by atoms with E-state index >= 15 is 0 Å². The quantitative estimate of drug-likeness (QED) is 0.0538. The van der Waals surface area contributed by atoms with Crippen molar-refractivity contribution in [3.05, 3.63) is 0 Å². The molecule has 7 rings (SSSR count). The molecular formula is C45H82O37. The summed E-state index contributed by atoms with van der Waals surface area (Å²) >= 11 is 0.